The number of benzene rings is 2. The molecule has 2 atom stereocenters. The van der Waals surface area contributed by atoms with Crippen LogP contribution in [0.3, 0.4) is 0 Å². The van der Waals surface area contributed by atoms with Gasteiger partial charge in [-0.25, -0.2) is 0 Å². The van der Waals surface area contributed by atoms with Crippen molar-refractivity contribution in [3.63, 3.8) is 0 Å². The van der Waals surface area contributed by atoms with E-state index in [1.165, 1.54) is 12.1 Å². The number of hydrogen-bond acceptors (Lipinski definition) is 4. The zero-order chi connectivity index (χ0) is 25.2. The number of ether oxygens (including phenoxy) is 1. The van der Waals surface area contributed by atoms with Crippen molar-refractivity contribution in [1.82, 2.24) is 9.88 Å². The normalized spacial score (nSPS) is 17.8. The molecular formula is C26H24F3N3O3. The molecule has 35 heavy (non-hydrogen) atoms. The van der Waals surface area contributed by atoms with Gasteiger partial charge in [0.2, 0.25) is 5.91 Å². The molecule has 0 saturated heterocycles. The molecule has 0 radical (unpaired) electrons. The Bertz CT molecular complexity index is 1210. The summed E-state index contributed by atoms with van der Waals surface area (Å²) in [5.74, 6) is -1.79. The highest BCUT2D eigenvalue weighted by atomic mass is 19.4. The standard InChI is InChI=1S/C26H24F3N3O3/c1-16(2)15-32-23(17-7-6-12-30-14-17)22(20-10-3-4-11-21(20)25(32)34)24(33)31-18-8-5-9-19(13-18)35-26(27,28)29/h3-14,16,22-23H,15H2,1-2H3,(H,31,33). The number of aromatic nitrogens is 1. The molecule has 1 aromatic heterocycles. The Morgan fingerprint density at radius 1 is 1.11 bits per heavy atom. The largest absolute Gasteiger partial charge is 0.573 e. The van der Waals surface area contributed by atoms with Gasteiger partial charge in [-0.05, 0) is 41.3 Å². The molecule has 2 unspecified atom stereocenters. The van der Waals surface area contributed by atoms with Crippen LogP contribution in [0.4, 0.5) is 18.9 Å². The van der Waals surface area contributed by atoms with Gasteiger partial charge in [0.15, 0.2) is 0 Å². The number of nitrogens with zero attached hydrogens (tertiary/aromatic N) is 2. The van der Waals surface area contributed by atoms with Crippen LogP contribution < -0.4 is 10.1 Å². The van der Waals surface area contributed by atoms with E-state index in [0.717, 1.165) is 12.1 Å². The zero-order valence-electron chi connectivity index (χ0n) is 19.1. The van der Waals surface area contributed by atoms with Gasteiger partial charge in [0, 0.05) is 36.3 Å². The quantitative estimate of drug-likeness (QED) is 0.499. The van der Waals surface area contributed by atoms with Crippen molar-refractivity contribution in [3.8, 4) is 5.75 Å². The van der Waals surface area contributed by atoms with Crippen LogP contribution in [0, 0.1) is 5.92 Å². The summed E-state index contributed by atoms with van der Waals surface area (Å²) in [5.41, 5.74) is 1.80. The van der Waals surface area contributed by atoms with Gasteiger partial charge in [0.05, 0.1) is 12.0 Å². The topological polar surface area (TPSA) is 71.5 Å². The molecule has 1 aliphatic heterocycles. The van der Waals surface area contributed by atoms with E-state index in [1.54, 1.807) is 47.6 Å². The lowest BCUT2D eigenvalue weighted by Crippen LogP contribution is -2.47. The Balaban J connectivity index is 1.76. The number of halogens is 3. The molecule has 0 saturated carbocycles. The van der Waals surface area contributed by atoms with Crippen LogP contribution in [0.2, 0.25) is 0 Å². The molecule has 0 aliphatic carbocycles. The van der Waals surface area contributed by atoms with Crippen LogP contribution in [0.1, 0.15) is 47.3 Å². The van der Waals surface area contributed by atoms with Gasteiger partial charge in [-0.1, -0.05) is 44.2 Å². The number of carbonyl (C=O) groups excluding carboxylic acids is 2. The Kier molecular flexibility index (Phi) is 6.77. The molecule has 9 heteroatoms. The van der Waals surface area contributed by atoms with Crippen LogP contribution in [0.15, 0.2) is 73.1 Å². The molecule has 4 rings (SSSR count). The molecule has 3 aromatic rings. The van der Waals surface area contributed by atoms with E-state index in [1.807, 2.05) is 19.9 Å². The maximum atomic E-state index is 13.7. The van der Waals surface area contributed by atoms with Crippen molar-refractivity contribution in [2.75, 3.05) is 11.9 Å². The van der Waals surface area contributed by atoms with Crippen LogP contribution in [-0.4, -0.2) is 34.6 Å². The van der Waals surface area contributed by atoms with E-state index in [2.05, 4.69) is 15.0 Å². The molecule has 1 N–H and O–H groups in total. The number of rotatable bonds is 6. The van der Waals surface area contributed by atoms with Crippen molar-refractivity contribution >= 4 is 17.5 Å². The second kappa shape index (κ2) is 9.77. The smallest absolute Gasteiger partial charge is 0.406 e. The monoisotopic (exact) mass is 483 g/mol. The fourth-order valence-electron chi connectivity index (χ4n) is 4.38. The van der Waals surface area contributed by atoms with Gasteiger partial charge >= 0.3 is 6.36 Å². The number of nitrogens with one attached hydrogen (secondary N) is 1. The van der Waals surface area contributed by atoms with Gasteiger partial charge < -0.3 is 15.0 Å². The first kappa shape index (κ1) is 24.3. The van der Waals surface area contributed by atoms with Gasteiger partial charge in [-0.2, -0.15) is 0 Å². The number of alkyl halides is 3. The van der Waals surface area contributed by atoms with E-state index in [0.29, 0.717) is 23.2 Å². The maximum Gasteiger partial charge on any atom is 0.573 e. The van der Waals surface area contributed by atoms with Crippen molar-refractivity contribution in [1.29, 1.82) is 0 Å². The number of carbonyl (C=O) groups is 2. The first-order valence-electron chi connectivity index (χ1n) is 11.1. The highest BCUT2D eigenvalue weighted by Gasteiger charge is 2.44. The van der Waals surface area contributed by atoms with Gasteiger partial charge in [-0.3, -0.25) is 14.6 Å². The first-order valence-corrected chi connectivity index (χ1v) is 11.1. The summed E-state index contributed by atoms with van der Waals surface area (Å²) in [6, 6.07) is 14.9. The fourth-order valence-corrected chi connectivity index (χ4v) is 4.38. The summed E-state index contributed by atoms with van der Waals surface area (Å²) >= 11 is 0. The molecule has 0 fully saturated rings. The molecule has 0 bridgehead atoms. The third-order valence-electron chi connectivity index (χ3n) is 5.64. The maximum absolute atomic E-state index is 13.7. The SMILES string of the molecule is CC(C)CN1C(=O)c2ccccc2C(C(=O)Nc2cccc(OC(F)(F)F)c2)C1c1cccnc1. The molecule has 0 spiro atoms. The van der Waals surface area contributed by atoms with Gasteiger partial charge in [-0.15, -0.1) is 13.2 Å². The van der Waals surface area contributed by atoms with E-state index < -0.39 is 30.0 Å². The predicted molar refractivity (Wildman–Crippen MR) is 124 cm³/mol. The summed E-state index contributed by atoms with van der Waals surface area (Å²) < 4.78 is 42.0. The van der Waals surface area contributed by atoms with E-state index >= 15 is 0 Å². The molecule has 182 valence electrons. The van der Waals surface area contributed by atoms with Gasteiger partial charge in [0.1, 0.15) is 5.75 Å². The Hall–Kier alpha value is -3.88. The van der Waals surface area contributed by atoms with Crippen LogP contribution >= 0.6 is 0 Å². The van der Waals surface area contributed by atoms with Crippen molar-refractivity contribution in [2.45, 2.75) is 32.2 Å². The third kappa shape index (κ3) is 5.45. The lowest BCUT2D eigenvalue weighted by Gasteiger charge is -2.42. The summed E-state index contributed by atoms with van der Waals surface area (Å²) in [5, 5.41) is 2.72. The minimum Gasteiger partial charge on any atom is -0.406 e. The van der Waals surface area contributed by atoms with E-state index in [9.17, 15) is 22.8 Å². The van der Waals surface area contributed by atoms with E-state index in [-0.39, 0.29) is 17.5 Å². The Labute approximate surface area is 200 Å². The molecular weight excluding hydrogens is 459 g/mol. The summed E-state index contributed by atoms with van der Waals surface area (Å²) in [6.45, 7) is 4.37. The predicted octanol–water partition coefficient (Wildman–Crippen LogP) is 5.56. The van der Waals surface area contributed by atoms with Crippen LogP contribution in [-0.2, 0) is 4.79 Å². The second-order valence-corrected chi connectivity index (χ2v) is 8.71. The van der Waals surface area contributed by atoms with Crippen molar-refractivity contribution in [3.05, 3.63) is 89.7 Å². The number of hydrogen-bond donors (Lipinski definition) is 1. The Morgan fingerprint density at radius 2 is 1.89 bits per heavy atom. The minimum absolute atomic E-state index is 0.128. The summed E-state index contributed by atoms with van der Waals surface area (Å²) in [7, 11) is 0. The molecule has 6 nitrogen and oxygen atoms in total. The van der Waals surface area contributed by atoms with Gasteiger partial charge in [0.25, 0.3) is 5.91 Å². The molecule has 2 amide bonds. The lowest BCUT2D eigenvalue weighted by molar-refractivity contribution is -0.274. The lowest BCUT2D eigenvalue weighted by atomic mass is 9.79. The van der Waals surface area contributed by atoms with Crippen molar-refractivity contribution < 1.29 is 27.5 Å². The first-order chi connectivity index (χ1) is 16.6. The number of amides is 2. The third-order valence-corrected chi connectivity index (χ3v) is 5.64. The average molecular weight is 483 g/mol. The average Bonchev–Trinajstić information content (AvgIpc) is 2.80. The number of anilines is 1. The Morgan fingerprint density at radius 3 is 2.57 bits per heavy atom. The highest BCUT2D eigenvalue weighted by molar-refractivity contribution is 6.04. The highest BCUT2D eigenvalue weighted by Crippen LogP contribution is 2.43. The molecule has 2 heterocycles. The minimum atomic E-state index is -4.85. The summed E-state index contributed by atoms with van der Waals surface area (Å²) in [6.07, 6.45) is -1.62. The van der Waals surface area contributed by atoms with Crippen molar-refractivity contribution in [2.24, 2.45) is 5.92 Å². The van der Waals surface area contributed by atoms with Crippen LogP contribution in [0.25, 0.3) is 0 Å². The summed E-state index contributed by atoms with van der Waals surface area (Å²) in [4.78, 5) is 33.1. The van der Waals surface area contributed by atoms with Crippen LogP contribution in [0.5, 0.6) is 5.75 Å². The molecule has 1 aliphatic rings. The van der Waals surface area contributed by atoms with E-state index in [4.69, 9.17) is 0 Å². The number of pyridine rings is 1. The second-order valence-electron chi connectivity index (χ2n) is 8.71. The molecule has 2 aromatic carbocycles. The zero-order valence-corrected chi connectivity index (χ0v) is 19.1. The number of fused-ring (bicyclic) bond motifs is 1. The fraction of sp³-hybridized carbons (Fsp3) is 0.269.